The zero-order valence-electron chi connectivity index (χ0n) is 10.2. The van der Waals surface area contributed by atoms with Gasteiger partial charge in [-0.1, -0.05) is 22.9 Å². The van der Waals surface area contributed by atoms with E-state index in [1.165, 1.54) is 4.31 Å². The highest BCUT2D eigenvalue weighted by Gasteiger charge is 2.29. The number of benzene rings is 1. The topological polar surface area (TPSA) is 46.6 Å². The smallest absolute Gasteiger partial charge is 0.243 e. The Morgan fingerprint density at radius 3 is 2.67 bits per heavy atom. The Balaban J connectivity index is 2.22. The monoisotopic (exact) mass is 333 g/mol. The van der Waals surface area contributed by atoms with Gasteiger partial charge >= 0.3 is 0 Å². The first kappa shape index (κ1) is 14.0. The van der Waals surface area contributed by atoms with Crippen molar-refractivity contribution >= 4 is 26.0 Å². The number of hydrogen-bond donors (Lipinski definition) is 0. The first-order chi connectivity index (χ1) is 8.54. The fraction of sp³-hybridized carbons (Fsp3) is 0.500. The molecule has 1 saturated heterocycles. The first-order valence-electron chi connectivity index (χ1n) is 5.91. The lowest BCUT2D eigenvalue weighted by Gasteiger charge is -2.31. The highest BCUT2D eigenvalue weighted by atomic mass is 79.9. The quantitative estimate of drug-likeness (QED) is 0.852. The molecule has 0 radical (unpaired) electrons. The van der Waals surface area contributed by atoms with Gasteiger partial charge in [0.1, 0.15) is 0 Å². The van der Waals surface area contributed by atoms with E-state index in [1.807, 2.05) is 6.92 Å². The van der Waals surface area contributed by atoms with E-state index in [0.717, 1.165) is 10.9 Å². The number of halogens is 1. The summed E-state index contributed by atoms with van der Waals surface area (Å²) in [5.41, 5.74) is 0. The summed E-state index contributed by atoms with van der Waals surface area (Å²) in [6.45, 7) is 3.33. The number of hydrogen-bond acceptors (Lipinski definition) is 3. The summed E-state index contributed by atoms with van der Waals surface area (Å²) in [6.07, 6.45) is 0.829. The van der Waals surface area contributed by atoms with Gasteiger partial charge in [-0.15, -0.1) is 0 Å². The zero-order chi connectivity index (χ0) is 13.2. The second-order valence-corrected chi connectivity index (χ2v) is 7.07. The number of morpholine rings is 1. The van der Waals surface area contributed by atoms with Crippen molar-refractivity contribution < 1.29 is 13.2 Å². The standard InChI is InChI=1S/C12H16BrNO3S/c1-2-11-9-14(7-8-17-11)18(15,16)12-5-3-10(13)4-6-12/h3-6,11H,2,7-9H2,1H3/t11-/m0/s1. The normalized spacial score (nSPS) is 22.0. The van der Waals surface area contributed by atoms with Gasteiger partial charge in [-0.05, 0) is 30.7 Å². The molecule has 0 unspecified atom stereocenters. The van der Waals surface area contributed by atoms with Crippen molar-refractivity contribution in [1.82, 2.24) is 4.31 Å². The molecular weight excluding hydrogens is 318 g/mol. The van der Waals surface area contributed by atoms with E-state index < -0.39 is 10.0 Å². The Hall–Kier alpha value is -0.430. The molecule has 0 aromatic heterocycles. The maximum atomic E-state index is 12.4. The average Bonchev–Trinajstić information content (AvgIpc) is 2.39. The minimum Gasteiger partial charge on any atom is -0.375 e. The van der Waals surface area contributed by atoms with Crippen LogP contribution < -0.4 is 0 Å². The lowest BCUT2D eigenvalue weighted by molar-refractivity contribution is -0.00277. The predicted octanol–water partition coefficient (Wildman–Crippen LogP) is 2.25. The lowest BCUT2D eigenvalue weighted by atomic mass is 10.2. The molecule has 1 aromatic carbocycles. The minimum absolute atomic E-state index is 0.00368. The Bertz CT molecular complexity index is 501. The van der Waals surface area contributed by atoms with Crippen LogP contribution in [-0.2, 0) is 14.8 Å². The largest absolute Gasteiger partial charge is 0.375 e. The van der Waals surface area contributed by atoms with Gasteiger partial charge in [0.25, 0.3) is 0 Å². The fourth-order valence-corrected chi connectivity index (χ4v) is 3.63. The van der Waals surface area contributed by atoms with Gasteiger partial charge in [-0.3, -0.25) is 0 Å². The fourth-order valence-electron chi connectivity index (χ4n) is 1.91. The highest BCUT2D eigenvalue weighted by Crippen LogP contribution is 2.21. The van der Waals surface area contributed by atoms with Crippen LogP contribution in [0.2, 0.25) is 0 Å². The summed E-state index contributed by atoms with van der Waals surface area (Å²) < 4.78 is 32.7. The second kappa shape index (κ2) is 5.69. The summed E-state index contributed by atoms with van der Waals surface area (Å²) in [4.78, 5) is 0.336. The number of nitrogens with zero attached hydrogens (tertiary/aromatic N) is 1. The molecule has 2 rings (SSSR count). The molecule has 1 aromatic rings. The third-order valence-corrected chi connectivity index (χ3v) is 5.42. The molecule has 100 valence electrons. The van der Waals surface area contributed by atoms with Gasteiger partial charge in [0.05, 0.1) is 17.6 Å². The van der Waals surface area contributed by atoms with E-state index in [1.54, 1.807) is 24.3 Å². The summed E-state index contributed by atoms with van der Waals surface area (Å²) >= 11 is 3.30. The van der Waals surface area contributed by atoms with Gasteiger partial charge in [-0.25, -0.2) is 8.42 Å². The van der Waals surface area contributed by atoms with Crippen molar-refractivity contribution in [2.75, 3.05) is 19.7 Å². The Labute approximate surface area is 116 Å². The van der Waals surface area contributed by atoms with E-state index in [9.17, 15) is 8.42 Å². The summed E-state index contributed by atoms with van der Waals surface area (Å²) in [6, 6.07) is 6.72. The third-order valence-electron chi connectivity index (χ3n) is 3.01. The van der Waals surface area contributed by atoms with E-state index >= 15 is 0 Å². The van der Waals surface area contributed by atoms with Crippen LogP contribution in [-0.4, -0.2) is 38.5 Å². The van der Waals surface area contributed by atoms with Gasteiger partial charge in [0.2, 0.25) is 10.0 Å². The lowest BCUT2D eigenvalue weighted by Crippen LogP contribution is -2.45. The SMILES string of the molecule is CC[C@H]1CN(S(=O)(=O)c2ccc(Br)cc2)CCO1. The zero-order valence-corrected chi connectivity index (χ0v) is 12.6. The van der Waals surface area contributed by atoms with Crippen LogP contribution in [0.4, 0.5) is 0 Å². The van der Waals surface area contributed by atoms with Crippen molar-refractivity contribution in [3.63, 3.8) is 0 Å². The van der Waals surface area contributed by atoms with Crippen LogP contribution in [0.25, 0.3) is 0 Å². The molecule has 1 aliphatic heterocycles. The average molecular weight is 334 g/mol. The number of rotatable bonds is 3. The Kier molecular flexibility index (Phi) is 4.42. The molecule has 0 N–H and O–H groups in total. The van der Waals surface area contributed by atoms with Gasteiger partial charge in [-0.2, -0.15) is 4.31 Å². The summed E-state index contributed by atoms with van der Waals surface area (Å²) in [7, 11) is -3.39. The maximum absolute atomic E-state index is 12.4. The maximum Gasteiger partial charge on any atom is 0.243 e. The van der Waals surface area contributed by atoms with E-state index in [4.69, 9.17) is 4.74 Å². The highest BCUT2D eigenvalue weighted by molar-refractivity contribution is 9.10. The molecular formula is C12H16BrNO3S. The van der Waals surface area contributed by atoms with Crippen molar-refractivity contribution in [3.05, 3.63) is 28.7 Å². The molecule has 0 aliphatic carbocycles. The van der Waals surface area contributed by atoms with Crippen LogP contribution in [0.3, 0.4) is 0 Å². The number of ether oxygens (including phenoxy) is 1. The van der Waals surface area contributed by atoms with E-state index in [0.29, 0.717) is 24.6 Å². The second-order valence-electron chi connectivity index (χ2n) is 4.22. The molecule has 1 aliphatic rings. The van der Waals surface area contributed by atoms with Crippen molar-refractivity contribution in [2.45, 2.75) is 24.3 Å². The summed E-state index contributed by atoms with van der Waals surface area (Å²) in [5, 5.41) is 0. The van der Waals surface area contributed by atoms with Crippen LogP contribution in [0.1, 0.15) is 13.3 Å². The Morgan fingerprint density at radius 1 is 1.39 bits per heavy atom. The molecule has 1 atom stereocenters. The van der Waals surface area contributed by atoms with Gasteiger partial charge in [0.15, 0.2) is 0 Å². The van der Waals surface area contributed by atoms with Crippen LogP contribution >= 0.6 is 15.9 Å². The Morgan fingerprint density at radius 2 is 2.06 bits per heavy atom. The molecule has 1 heterocycles. The van der Waals surface area contributed by atoms with E-state index in [2.05, 4.69) is 15.9 Å². The van der Waals surface area contributed by atoms with E-state index in [-0.39, 0.29) is 6.10 Å². The van der Waals surface area contributed by atoms with Crippen LogP contribution in [0.15, 0.2) is 33.6 Å². The first-order valence-corrected chi connectivity index (χ1v) is 8.14. The van der Waals surface area contributed by atoms with Crippen LogP contribution in [0, 0.1) is 0 Å². The number of sulfonamides is 1. The molecule has 0 spiro atoms. The molecule has 0 amide bonds. The molecule has 6 heteroatoms. The molecule has 0 bridgehead atoms. The van der Waals surface area contributed by atoms with Gasteiger partial charge in [0, 0.05) is 17.6 Å². The molecule has 1 fully saturated rings. The minimum atomic E-state index is -3.39. The van der Waals surface area contributed by atoms with Crippen molar-refractivity contribution in [2.24, 2.45) is 0 Å². The molecule has 0 saturated carbocycles. The van der Waals surface area contributed by atoms with Gasteiger partial charge < -0.3 is 4.74 Å². The molecule has 4 nitrogen and oxygen atoms in total. The molecule has 18 heavy (non-hydrogen) atoms. The van der Waals surface area contributed by atoms with Crippen LogP contribution in [0.5, 0.6) is 0 Å². The summed E-state index contributed by atoms with van der Waals surface area (Å²) in [5.74, 6) is 0. The third kappa shape index (κ3) is 2.93. The van der Waals surface area contributed by atoms with Crippen molar-refractivity contribution in [3.8, 4) is 0 Å². The van der Waals surface area contributed by atoms with Crippen molar-refractivity contribution in [1.29, 1.82) is 0 Å². The predicted molar refractivity (Wildman–Crippen MR) is 72.9 cm³/mol.